The summed E-state index contributed by atoms with van der Waals surface area (Å²) in [5, 5.41) is 13.5. The van der Waals surface area contributed by atoms with Crippen LogP contribution in [0.25, 0.3) is 55.4 Å². The molecular formula is C28H24FN9OS. The van der Waals surface area contributed by atoms with Gasteiger partial charge in [-0.2, -0.15) is 9.49 Å². The molecule has 12 heteroatoms. The Kier molecular flexibility index (Phi) is 6.25. The number of nitrogens with one attached hydrogen (secondary N) is 4. The lowest BCUT2D eigenvalue weighted by molar-refractivity contribution is -0.117. The van der Waals surface area contributed by atoms with Crippen molar-refractivity contribution in [3.8, 4) is 33.3 Å². The average molecular weight is 554 g/mol. The number of pyridine rings is 3. The number of hydrogen-bond donors (Lipinski definition) is 4. The van der Waals surface area contributed by atoms with E-state index in [1.165, 1.54) is 6.07 Å². The molecule has 0 spiro atoms. The van der Waals surface area contributed by atoms with Gasteiger partial charge in [-0.15, -0.1) is 11.3 Å². The number of rotatable bonds is 6. The van der Waals surface area contributed by atoms with Crippen LogP contribution in [-0.2, 0) is 4.79 Å². The van der Waals surface area contributed by atoms with Crippen LogP contribution in [0.1, 0.15) is 19.3 Å². The summed E-state index contributed by atoms with van der Waals surface area (Å²) in [5.74, 6) is 0.919. The third kappa shape index (κ3) is 4.71. The first-order valence-corrected chi connectivity index (χ1v) is 13.8. The zero-order chi connectivity index (χ0) is 27.1. The van der Waals surface area contributed by atoms with Crippen LogP contribution in [0.15, 0.2) is 55.0 Å². The van der Waals surface area contributed by atoms with Gasteiger partial charge in [0.1, 0.15) is 16.7 Å². The van der Waals surface area contributed by atoms with E-state index in [0.29, 0.717) is 56.8 Å². The molecule has 0 saturated carbocycles. The molecular weight excluding hydrogens is 529 g/mol. The van der Waals surface area contributed by atoms with Gasteiger partial charge in [0, 0.05) is 24.4 Å². The normalized spacial score (nSPS) is 14.2. The summed E-state index contributed by atoms with van der Waals surface area (Å²) in [5.41, 5.74) is 6.01. The number of H-pyrrole nitrogens is 2. The maximum atomic E-state index is 13.7. The molecule has 0 aliphatic carbocycles. The van der Waals surface area contributed by atoms with E-state index in [2.05, 4.69) is 35.8 Å². The monoisotopic (exact) mass is 553 g/mol. The van der Waals surface area contributed by atoms with Crippen molar-refractivity contribution in [1.82, 2.24) is 40.4 Å². The molecule has 4 N–H and O–H groups in total. The van der Waals surface area contributed by atoms with Crippen molar-refractivity contribution in [2.75, 3.05) is 18.4 Å². The van der Waals surface area contributed by atoms with Crippen molar-refractivity contribution >= 4 is 45.0 Å². The van der Waals surface area contributed by atoms with E-state index >= 15 is 0 Å². The van der Waals surface area contributed by atoms with Crippen LogP contribution >= 0.6 is 11.3 Å². The molecule has 0 aromatic carbocycles. The first kappa shape index (κ1) is 24.5. The summed E-state index contributed by atoms with van der Waals surface area (Å²) in [7, 11) is 0. The number of halogens is 1. The molecule has 40 heavy (non-hydrogen) atoms. The highest BCUT2D eigenvalue weighted by molar-refractivity contribution is 7.13. The van der Waals surface area contributed by atoms with Crippen molar-refractivity contribution < 1.29 is 9.18 Å². The van der Waals surface area contributed by atoms with Crippen molar-refractivity contribution in [1.29, 1.82) is 0 Å². The van der Waals surface area contributed by atoms with E-state index in [1.54, 1.807) is 24.7 Å². The van der Waals surface area contributed by atoms with Crippen LogP contribution < -0.4 is 10.6 Å². The molecule has 0 radical (unpaired) electrons. The first-order valence-electron chi connectivity index (χ1n) is 13.0. The van der Waals surface area contributed by atoms with Gasteiger partial charge < -0.3 is 15.6 Å². The third-order valence-corrected chi connectivity index (χ3v) is 7.97. The quantitative estimate of drug-likeness (QED) is 0.224. The number of thiophene rings is 1. The molecule has 7 rings (SSSR count). The van der Waals surface area contributed by atoms with Crippen LogP contribution in [-0.4, -0.2) is 54.1 Å². The van der Waals surface area contributed by atoms with Crippen LogP contribution in [0.5, 0.6) is 0 Å². The Morgan fingerprint density at radius 2 is 1.90 bits per heavy atom. The summed E-state index contributed by atoms with van der Waals surface area (Å²) in [6, 6.07) is 10.6. The zero-order valence-electron chi connectivity index (χ0n) is 21.2. The lowest BCUT2D eigenvalue weighted by atomic mass is 9.94. The predicted molar refractivity (Wildman–Crippen MR) is 152 cm³/mol. The molecule has 6 aromatic heterocycles. The van der Waals surface area contributed by atoms with Gasteiger partial charge in [0.2, 0.25) is 5.91 Å². The fourth-order valence-electron chi connectivity index (χ4n) is 5.10. The molecule has 1 amide bonds. The van der Waals surface area contributed by atoms with Gasteiger partial charge in [0.25, 0.3) is 0 Å². The Morgan fingerprint density at radius 3 is 2.75 bits per heavy atom. The van der Waals surface area contributed by atoms with Gasteiger partial charge >= 0.3 is 0 Å². The second-order valence-electron chi connectivity index (χ2n) is 9.82. The first-order chi connectivity index (χ1) is 19.6. The second kappa shape index (κ2) is 10.2. The molecule has 6 aromatic rings. The second-order valence-corrected chi connectivity index (χ2v) is 10.9. The Labute approximate surface area is 231 Å². The largest absolute Gasteiger partial charge is 0.336 e. The molecule has 0 bridgehead atoms. The Bertz CT molecular complexity index is 1850. The number of piperidine rings is 1. The predicted octanol–water partition coefficient (Wildman–Crippen LogP) is 5.15. The van der Waals surface area contributed by atoms with Gasteiger partial charge in [-0.05, 0) is 68.2 Å². The Hall–Kier alpha value is -4.55. The minimum Gasteiger partial charge on any atom is -0.336 e. The van der Waals surface area contributed by atoms with Gasteiger partial charge in [0.15, 0.2) is 16.6 Å². The Morgan fingerprint density at radius 1 is 1.02 bits per heavy atom. The summed E-state index contributed by atoms with van der Waals surface area (Å²) in [6.45, 7) is 1.92. The number of nitrogens with zero attached hydrogens (tertiary/aromatic N) is 5. The van der Waals surface area contributed by atoms with Gasteiger partial charge in [-0.1, -0.05) is 0 Å². The summed E-state index contributed by atoms with van der Waals surface area (Å²) < 4.78 is 13.7. The number of amides is 1. The zero-order valence-corrected chi connectivity index (χ0v) is 22.1. The lowest BCUT2D eigenvalue weighted by Gasteiger charge is -2.21. The molecule has 1 aliphatic heterocycles. The number of aromatic amines is 2. The molecule has 0 unspecified atom stereocenters. The van der Waals surface area contributed by atoms with Crippen molar-refractivity contribution in [2.24, 2.45) is 5.92 Å². The summed E-state index contributed by atoms with van der Waals surface area (Å²) in [6.07, 6.45) is 7.56. The number of carbonyl (C=O) groups is 1. The average Bonchev–Trinajstić information content (AvgIpc) is 3.71. The van der Waals surface area contributed by atoms with Crippen LogP contribution in [0.2, 0.25) is 0 Å². The molecule has 1 saturated heterocycles. The highest BCUT2D eigenvalue weighted by Crippen LogP contribution is 2.33. The smallest absolute Gasteiger partial charge is 0.224 e. The van der Waals surface area contributed by atoms with Gasteiger partial charge in [0.05, 0.1) is 33.5 Å². The van der Waals surface area contributed by atoms with Crippen molar-refractivity contribution in [3.05, 3.63) is 60.1 Å². The number of carbonyl (C=O) groups excluding carboxylic acids is 1. The SMILES string of the molecule is O=C(CC1CCNCC1)Nc1cncc(-c2ccc3[nH]nc(-c4nc5c(-c6ccc(F)s6)nccc5[nH]4)c3n2)c1. The van der Waals surface area contributed by atoms with E-state index in [0.717, 1.165) is 53.9 Å². The van der Waals surface area contributed by atoms with E-state index in [4.69, 9.17) is 9.97 Å². The fourth-order valence-corrected chi connectivity index (χ4v) is 5.83. The molecule has 1 aliphatic rings. The fraction of sp³-hybridized carbons (Fsp3) is 0.214. The molecule has 10 nitrogen and oxygen atoms in total. The van der Waals surface area contributed by atoms with Crippen molar-refractivity contribution in [2.45, 2.75) is 19.3 Å². The molecule has 0 atom stereocenters. The van der Waals surface area contributed by atoms with E-state index in [-0.39, 0.29) is 11.0 Å². The molecule has 1 fully saturated rings. The van der Waals surface area contributed by atoms with Crippen molar-refractivity contribution in [3.63, 3.8) is 0 Å². The van der Waals surface area contributed by atoms with Gasteiger partial charge in [-0.3, -0.25) is 19.9 Å². The standard InChI is InChI=1S/C28H24FN9OS/c29-22-4-3-21(40-22)26-24-19(7-10-32-26)35-28(36-24)27-25-20(37-38-27)2-1-18(34-25)16-12-17(14-31-13-16)33-23(39)11-15-5-8-30-9-6-15/h1-4,7,10,12-15,30H,5-6,8-9,11H2,(H,33,39)(H,35,36)(H,37,38). The van der Waals surface area contributed by atoms with Crippen LogP contribution in [0.4, 0.5) is 10.1 Å². The number of aromatic nitrogens is 7. The Balaban J connectivity index is 1.19. The van der Waals surface area contributed by atoms with E-state index in [9.17, 15) is 9.18 Å². The van der Waals surface area contributed by atoms with Crippen LogP contribution in [0.3, 0.4) is 0 Å². The number of anilines is 1. The lowest BCUT2D eigenvalue weighted by Crippen LogP contribution is -2.30. The number of imidazole rings is 1. The number of hydrogen-bond acceptors (Lipinski definition) is 8. The third-order valence-electron chi connectivity index (χ3n) is 7.09. The maximum Gasteiger partial charge on any atom is 0.224 e. The van der Waals surface area contributed by atoms with E-state index < -0.39 is 0 Å². The highest BCUT2D eigenvalue weighted by Gasteiger charge is 2.19. The maximum absolute atomic E-state index is 13.7. The van der Waals surface area contributed by atoms with Gasteiger partial charge in [-0.25, -0.2) is 9.97 Å². The molecule has 200 valence electrons. The summed E-state index contributed by atoms with van der Waals surface area (Å²) in [4.78, 5) is 35.1. The molecule has 7 heterocycles. The minimum absolute atomic E-state index is 0.00425. The summed E-state index contributed by atoms with van der Waals surface area (Å²) >= 11 is 1.03. The van der Waals surface area contributed by atoms with E-state index in [1.807, 2.05) is 24.3 Å². The minimum atomic E-state index is -0.278. The number of fused-ring (bicyclic) bond motifs is 2. The highest BCUT2D eigenvalue weighted by atomic mass is 32.1. The van der Waals surface area contributed by atoms with Crippen LogP contribution in [0, 0.1) is 11.0 Å². The topological polar surface area (TPSA) is 137 Å².